The molecule has 2 saturated carbocycles. The van der Waals surface area contributed by atoms with Gasteiger partial charge in [-0.25, -0.2) is 0 Å². The van der Waals surface area contributed by atoms with Crippen molar-refractivity contribution in [1.29, 1.82) is 0 Å². The van der Waals surface area contributed by atoms with E-state index in [1.165, 1.54) is 102 Å². The minimum Gasteiger partial charge on any atom is -0.412 e. The molecule has 0 heterocycles. The summed E-state index contributed by atoms with van der Waals surface area (Å²) in [5.74, 6) is 3.75. The second-order valence-electron chi connectivity index (χ2n) is 11.1. The van der Waals surface area contributed by atoms with Gasteiger partial charge in [0.25, 0.3) is 0 Å². The molecule has 2 fully saturated rings. The van der Waals surface area contributed by atoms with Gasteiger partial charge in [0.05, 0.1) is 0 Å². The Hall–Kier alpha value is -1.16. The van der Waals surface area contributed by atoms with Gasteiger partial charge in [-0.3, -0.25) is 0 Å². The first-order valence-corrected chi connectivity index (χ1v) is 14.0. The van der Waals surface area contributed by atoms with Crippen molar-refractivity contribution in [2.75, 3.05) is 13.1 Å². The molecule has 0 aromatic heterocycles. The lowest BCUT2D eigenvalue weighted by Gasteiger charge is -2.42. The summed E-state index contributed by atoms with van der Waals surface area (Å²) < 4.78 is 0. The van der Waals surface area contributed by atoms with Crippen LogP contribution in [-0.4, -0.2) is 24.0 Å². The highest BCUT2D eigenvalue weighted by atomic mass is 16.0. The van der Waals surface area contributed by atoms with Crippen LogP contribution in [-0.2, 0) is 0 Å². The molecule has 196 valence electrons. The Morgan fingerprint density at radius 1 is 1.00 bits per heavy atom. The van der Waals surface area contributed by atoms with Crippen molar-refractivity contribution < 1.29 is 11.0 Å². The van der Waals surface area contributed by atoms with E-state index in [0.29, 0.717) is 0 Å². The molecule has 1 unspecified atom stereocenters. The molecule has 5 N–H and O–H groups in total. The van der Waals surface area contributed by atoms with Crippen LogP contribution in [0.1, 0.15) is 111 Å². The topological polar surface area (TPSA) is 75.0 Å². The van der Waals surface area contributed by atoms with Crippen LogP contribution in [0.3, 0.4) is 0 Å². The normalized spacial score (nSPS) is 26.6. The van der Waals surface area contributed by atoms with Crippen LogP contribution in [0, 0.1) is 23.7 Å². The maximum atomic E-state index is 3.80. The molecule has 2 atom stereocenters. The molecule has 0 aromatic rings. The Balaban J connectivity index is 0.00000289. The van der Waals surface area contributed by atoms with Crippen LogP contribution < -0.4 is 5.32 Å². The summed E-state index contributed by atoms with van der Waals surface area (Å²) in [5.41, 5.74) is 6.60. The minimum absolute atomic E-state index is 0. The van der Waals surface area contributed by atoms with Crippen LogP contribution in [0.4, 0.5) is 0 Å². The van der Waals surface area contributed by atoms with Crippen molar-refractivity contribution in [3.63, 3.8) is 0 Å². The van der Waals surface area contributed by atoms with Gasteiger partial charge in [-0.1, -0.05) is 81.4 Å². The third kappa shape index (κ3) is 9.13. The predicted molar refractivity (Wildman–Crippen MR) is 149 cm³/mol. The monoisotopic (exact) mass is 473 g/mol. The van der Waals surface area contributed by atoms with Crippen molar-refractivity contribution in [3.05, 3.63) is 47.1 Å². The number of allylic oxidation sites excluding steroid dienone is 7. The lowest BCUT2D eigenvalue weighted by Crippen LogP contribution is -2.29. The molecule has 3 aliphatic carbocycles. The van der Waals surface area contributed by atoms with Crippen LogP contribution in [0.25, 0.3) is 0 Å². The third-order valence-electron chi connectivity index (χ3n) is 8.71. The Morgan fingerprint density at radius 3 is 2.38 bits per heavy atom. The summed E-state index contributed by atoms with van der Waals surface area (Å²) in [6.45, 7) is 13.1. The third-order valence-corrected chi connectivity index (χ3v) is 8.71. The summed E-state index contributed by atoms with van der Waals surface area (Å²) in [6, 6.07) is 0. The molecule has 0 saturated heterocycles. The van der Waals surface area contributed by atoms with Crippen LogP contribution >= 0.6 is 0 Å². The zero-order chi connectivity index (χ0) is 22.8. The van der Waals surface area contributed by atoms with Crippen LogP contribution in [0.15, 0.2) is 47.1 Å². The number of nitrogens with one attached hydrogen (secondary N) is 1. The van der Waals surface area contributed by atoms with Crippen molar-refractivity contribution in [2.24, 2.45) is 23.7 Å². The first-order valence-electron chi connectivity index (χ1n) is 14.0. The number of hydrogen-bond acceptors (Lipinski definition) is 1. The van der Waals surface area contributed by atoms with Gasteiger partial charge in [-0.2, -0.15) is 0 Å². The van der Waals surface area contributed by atoms with Crippen molar-refractivity contribution in [2.45, 2.75) is 111 Å². The molecule has 0 radical (unpaired) electrons. The smallest absolute Gasteiger partial charge is 0.00460 e. The quantitative estimate of drug-likeness (QED) is 0.209. The molecule has 34 heavy (non-hydrogen) atoms. The van der Waals surface area contributed by atoms with Gasteiger partial charge in [0.1, 0.15) is 0 Å². The van der Waals surface area contributed by atoms with Crippen molar-refractivity contribution >= 4 is 0 Å². The van der Waals surface area contributed by atoms with Gasteiger partial charge in [-0.15, -0.1) is 0 Å². The van der Waals surface area contributed by atoms with Crippen molar-refractivity contribution in [3.8, 4) is 0 Å². The highest BCUT2D eigenvalue weighted by Gasteiger charge is 2.36. The van der Waals surface area contributed by atoms with Gasteiger partial charge in [0, 0.05) is 0 Å². The molecule has 0 aromatic carbocycles. The van der Waals surface area contributed by atoms with Gasteiger partial charge in [0.2, 0.25) is 0 Å². The van der Waals surface area contributed by atoms with Gasteiger partial charge < -0.3 is 16.3 Å². The van der Waals surface area contributed by atoms with E-state index in [4.69, 9.17) is 0 Å². The summed E-state index contributed by atoms with van der Waals surface area (Å²) in [4.78, 5) is 0. The SMILES string of the molecule is C=C/C(C)=C\CCCNCCCCCCC1CC2=C[C@H](C3CCC(CC)CC3)CC(C)=C21.O.O. The summed E-state index contributed by atoms with van der Waals surface area (Å²) in [7, 11) is 0. The molecule has 3 heteroatoms. The summed E-state index contributed by atoms with van der Waals surface area (Å²) in [5, 5.41) is 3.61. The van der Waals surface area contributed by atoms with Crippen LogP contribution in [0.2, 0.25) is 0 Å². The maximum Gasteiger partial charge on any atom is -0.00460 e. The second-order valence-corrected chi connectivity index (χ2v) is 11.1. The van der Waals surface area contributed by atoms with E-state index in [9.17, 15) is 0 Å². The van der Waals surface area contributed by atoms with E-state index >= 15 is 0 Å². The van der Waals surface area contributed by atoms with E-state index in [1.54, 1.807) is 16.7 Å². The second kappa shape index (κ2) is 16.5. The highest BCUT2D eigenvalue weighted by Crippen LogP contribution is 2.51. The van der Waals surface area contributed by atoms with Gasteiger partial charge in [-0.05, 0) is 113 Å². The average Bonchev–Trinajstić information content (AvgIpc) is 2.79. The fourth-order valence-corrected chi connectivity index (χ4v) is 6.50. The van der Waals surface area contributed by atoms with E-state index in [2.05, 4.69) is 44.8 Å². The Bertz CT molecular complexity index is 682. The molecule has 0 amide bonds. The van der Waals surface area contributed by atoms with E-state index in [1.807, 2.05) is 6.08 Å². The molecular formula is C31H55NO2. The highest BCUT2D eigenvalue weighted by molar-refractivity contribution is 5.48. The minimum atomic E-state index is 0. The molecule has 0 spiro atoms. The molecule has 0 bridgehead atoms. The Morgan fingerprint density at radius 2 is 1.71 bits per heavy atom. The molecule has 0 aliphatic heterocycles. The first kappa shape index (κ1) is 30.9. The molecular weight excluding hydrogens is 418 g/mol. The van der Waals surface area contributed by atoms with E-state index < -0.39 is 0 Å². The zero-order valence-electron chi connectivity index (χ0n) is 22.6. The number of rotatable bonds is 14. The fourth-order valence-electron chi connectivity index (χ4n) is 6.50. The Labute approximate surface area is 210 Å². The van der Waals surface area contributed by atoms with E-state index in [0.717, 1.165) is 30.2 Å². The number of unbranched alkanes of at least 4 members (excludes halogenated alkanes) is 4. The Kier molecular flexibility index (Phi) is 15.0. The lowest BCUT2D eigenvalue weighted by molar-refractivity contribution is 0.220. The maximum absolute atomic E-state index is 3.80. The predicted octanol–water partition coefficient (Wildman–Crippen LogP) is 7.29. The number of hydrogen-bond donors (Lipinski definition) is 1. The molecule has 3 nitrogen and oxygen atoms in total. The van der Waals surface area contributed by atoms with Crippen LogP contribution in [0.5, 0.6) is 0 Å². The largest absolute Gasteiger partial charge is 0.412 e. The zero-order valence-corrected chi connectivity index (χ0v) is 22.6. The fraction of sp³-hybridized carbons (Fsp3) is 0.742. The average molecular weight is 474 g/mol. The van der Waals surface area contributed by atoms with E-state index in [-0.39, 0.29) is 11.0 Å². The van der Waals surface area contributed by atoms with Crippen molar-refractivity contribution in [1.82, 2.24) is 5.32 Å². The summed E-state index contributed by atoms with van der Waals surface area (Å²) >= 11 is 0. The first-order chi connectivity index (χ1) is 15.6. The van der Waals surface area contributed by atoms with Gasteiger partial charge >= 0.3 is 0 Å². The summed E-state index contributed by atoms with van der Waals surface area (Å²) in [6.07, 6.45) is 26.4. The molecule has 3 rings (SSSR count). The lowest BCUT2D eigenvalue weighted by atomic mass is 9.62. The standard InChI is InChI=1S/C31H51N.2H2O/c1-5-24(3)13-10-12-20-32-19-11-8-7-9-14-28-22-30-23-29(21-25(4)31(28)30)27-17-15-26(6-2)16-18-27;;/h5,13,23,26-29,32H,1,6-12,14-22H2,2-4H3;2*1H2/b24-13-;;/t26?,27?,28?,29-;;/m1../s1. The number of fused-ring (bicyclic) bond motifs is 1. The molecule has 3 aliphatic rings. The van der Waals surface area contributed by atoms with Gasteiger partial charge in [0.15, 0.2) is 0 Å².